The first-order chi connectivity index (χ1) is 8.15. The molecule has 1 heterocycles. The molecule has 1 N–H and O–H groups in total. The van der Waals surface area contributed by atoms with Crippen LogP contribution in [-0.4, -0.2) is 18.6 Å². The number of carbonyl (C=O) groups is 1. The lowest BCUT2D eigenvalue weighted by Crippen LogP contribution is -2.36. The van der Waals surface area contributed by atoms with Crippen LogP contribution in [0.25, 0.3) is 0 Å². The highest BCUT2D eigenvalue weighted by Crippen LogP contribution is 2.23. The Morgan fingerprint density at radius 1 is 1.35 bits per heavy atom. The number of halogens is 2. The molecule has 1 aliphatic rings. The summed E-state index contributed by atoms with van der Waals surface area (Å²) in [6, 6.07) is 4.28. The van der Waals surface area contributed by atoms with Gasteiger partial charge in [0, 0.05) is 17.1 Å². The van der Waals surface area contributed by atoms with Crippen LogP contribution in [0.15, 0.2) is 22.7 Å². The van der Waals surface area contributed by atoms with Crippen molar-refractivity contribution in [2.75, 3.05) is 6.54 Å². The molecule has 92 valence electrons. The Balaban J connectivity index is 2.10. The van der Waals surface area contributed by atoms with Crippen LogP contribution in [0.5, 0.6) is 5.75 Å². The Morgan fingerprint density at radius 2 is 2.18 bits per heavy atom. The summed E-state index contributed by atoms with van der Waals surface area (Å²) in [6.07, 6.45) is 2.03. The van der Waals surface area contributed by atoms with Crippen molar-refractivity contribution in [3.8, 4) is 5.75 Å². The minimum Gasteiger partial charge on any atom is -0.480 e. The van der Waals surface area contributed by atoms with Gasteiger partial charge in [0.15, 0.2) is 6.10 Å². The lowest BCUT2D eigenvalue weighted by Gasteiger charge is -2.16. The van der Waals surface area contributed by atoms with Crippen LogP contribution in [-0.2, 0) is 4.79 Å². The number of amides is 1. The van der Waals surface area contributed by atoms with Crippen molar-refractivity contribution >= 4 is 21.8 Å². The van der Waals surface area contributed by atoms with Crippen molar-refractivity contribution in [1.29, 1.82) is 0 Å². The maximum Gasteiger partial charge on any atom is 0.261 e. The first-order valence-corrected chi connectivity index (χ1v) is 6.35. The summed E-state index contributed by atoms with van der Waals surface area (Å²) in [5.74, 6) is -0.134. The summed E-state index contributed by atoms with van der Waals surface area (Å²) >= 11 is 3.19. The van der Waals surface area contributed by atoms with Crippen molar-refractivity contribution in [1.82, 2.24) is 5.32 Å². The average Bonchev–Trinajstić information content (AvgIpc) is 2.43. The zero-order valence-electron chi connectivity index (χ0n) is 9.21. The molecule has 1 unspecified atom stereocenters. The van der Waals surface area contributed by atoms with E-state index in [-0.39, 0.29) is 11.7 Å². The molecule has 1 aromatic rings. The van der Waals surface area contributed by atoms with Gasteiger partial charge in [-0.25, -0.2) is 4.39 Å². The van der Waals surface area contributed by atoms with Crippen LogP contribution in [0.2, 0.25) is 0 Å². The van der Waals surface area contributed by atoms with Crippen LogP contribution >= 0.6 is 15.9 Å². The van der Waals surface area contributed by atoms with E-state index in [0.717, 1.165) is 12.8 Å². The molecule has 17 heavy (non-hydrogen) atoms. The molecule has 0 radical (unpaired) electrons. The lowest BCUT2D eigenvalue weighted by molar-refractivity contribution is -0.127. The lowest BCUT2D eigenvalue weighted by atomic mass is 10.2. The first kappa shape index (κ1) is 12.4. The van der Waals surface area contributed by atoms with Crippen LogP contribution in [0.3, 0.4) is 0 Å². The SMILES string of the molecule is O=C1NCCCCC1Oc1cc(F)cc(Br)c1. The molecule has 5 heteroatoms. The minimum atomic E-state index is -0.522. The molecule has 0 aliphatic carbocycles. The summed E-state index contributed by atoms with van der Waals surface area (Å²) in [7, 11) is 0. The summed E-state index contributed by atoms with van der Waals surface area (Å²) in [5.41, 5.74) is 0. The predicted molar refractivity (Wildman–Crippen MR) is 65.4 cm³/mol. The van der Waals surface area contributed by atoms with Gasteiger partial charge in [-0.1, -0.05) is 15.9 Å². The van der Waals surface area contributed by atoms with Crippen LogP contribution in [0.4, 0.5) is 4.39 Å². The van der Waals surface area contributed by atoms with E-state index in [2.05, 4.69) is 21.2 Å². The molecule has 3 nitrogen and oxygen atoms in total. The number of benzene rings is 1. The highest BCUT2D eigenvalue weighted by atomic mass is 79.9. The Labute approximate surface area is 107 Å². The molecule has 0 aromatic heterocycles. The number of carbonyl (C=O) groups excluding carboxylic acids is 1. The van der Waals surface area contributed by atoms with E-state index in [9.17, 15) is 9.18 Å². The van der Waals surface area contributed by atoms with Crippen molar-refractivity contribution in [3.05, 3.63) is 28.5 Å². The van der Waals surface area contributed by atoms with Gasteiger partial charge >= 0.3 is 0 Å². The average molecular weight is 302 g/mol. The largest absolute Gasteiger partial charge is 0.480 e. The summed E-state index contributed by atoms with van der Waals surface area (Å²) in [5, 5.41) is 2.77. The number of nitrogens with one attached hydrogen (secondary N) is 1. The summed E-state index contributed by atoms with van der Waals surface area (Å²) in [4.78, 5) is 11.6. The van der Waals surface area contributed by atoms with E-state index in [1.54, 1.807) is 6.07 Å². The fourth-order valence-electron chi connectivity index (χ4n) is 1.78. The molecule has 1 atom stereocenters. The number of hydrogen-bond donors (Lipinski definition) is 1. The zero-order valence-corrected chi connectivity index (χ0v) is 10.8. The van der Waals surface area contributed by atoms with Gasteiger partial charge in [0.2, 0.25) is 0 Å². The van der Waals surface area contributed by atoms with Gasteiger partial charge < -0.3 is 10.1 Å². The maximum atomic E-state index is 13.1. The highest BCUT2D eigenvalue weighted by molar-refractivity contribution is 9.10. The van der Waals surface area contributed by atoms with Crippen LogP contribution in [0.1, 0.15) is 19.3 Å². The minimum absolute atomic E-state index is 0.122. The van der Waals surface area contributed by atoms with Gasteiger partial charge in [-0.2, -0.15) is 0 Å². The Kier molecular flexibility index (Phi) is 3.99. The summed E-state index contributed by atoms with van der Waals surface area (Å²) < 4.78 is 19.3. The fraction of sp³-hybridized carbons (Fsp3) is 0.417. The first-order valence-electron chi connectivity index (χ1n) is 5.55. The van der Waals surface area contributed by atoms with Crippen molar-refractivity contribution in [2.24, 2.45) is 0 Å². The van der Waals surface area contributed by atoms with Gasteiger partial charge in [0.05, 0.1) is 0 Å². The van der Waals surface area contributed by atoms with E-state index < -0.39 is 6.10 Å². The van der Waals surface area contributed by atoms with Crippen molar-refractivity contribution < 1.29 is 13.9 Å². The number of ether oxygens (including phenoxy) is 1. The third kappa shape index (κ3) is 3.43. The van der Waals surface area contributed by atoms with Gasteiger partial charge in [0.1, 0.15) is 11.6 Å². The normalized spacial score (nSPS) is 20.6. The number of rotatable bonds is 2. The number of hydrogen-bond acceptors (Lipinski definition) is 2. The molecule has 1 aliphatic heterocycles. The second-order valence-electron chi connectivity index (χ2n) is 4.00. The fourth-order valence-corrected chi connectivity index (χ4v) is 2.23. The molecule has 0 bridgehead atoms. The second kappa shape index (κ2) is 5.49. The van der Waals surface area contributed by atoms with Crippen molar-refractivity contribution in [2.45, 2.75) is 25.4 Å². The van der Waals surface area contributed by atoms with Gasteiger partial charge in [0.25, 0.3) is 5.91 Å². The van der Waals surface area contributed by atoms with Crippen LogP contribution < -0.4 is 10.1 Å². The van der Waals surface area contributed by atoms with E-state index in [0.29, 0.717) is 23.2 Å². The van der Waals surface area contributed by atoms with E-state index in [1.165, 1.54) is 12.1 Å². The molecular formula is C12H13BrFNO2. The van der Waals surface area contributed by atoms with Gasteiger partial charge in [-0.3, -0.25) is 4.79 Å². The standard InChI is InChI=1S/C12H13BrFNO2/c13-8-5-9(14)7-10(6-8)17-11-3-1-2-4-15-12(11)16/h5-7,11H,1-4H2,(H,15,16). The van der Waals surface area contributed by atoms with Gasteiger partial charge in [-0.15, -0.1) is 0 Å². The third-order valence-electron chi connectivity index (χ3n) is 2.60. The smallest absolute Gasteiger partial charge is 0.261 e. The second-order valence-corrected chi connectivity index (χ2v) is 4.91. The topological polar surface area (TPSA) is 38.3 Å². The third-order valence-corrected chi connectivity index (χ3v) is 3.06. The Hall–Kier alpha value is -1.10. The predicted octanol–water partition coefficient (Wildman–Crippen LogP) is 2.64. The zero-order chi connectivity index (χ0) is 12.3. The molecule has 2 rings (SSSR count). The monoisotopic (exact) mass is 301 g/mol. The van der Waals surface area contributed by atoms with Gasteiger partial charge in [-0.05, 0) is 31.4 Å². The molecule has 1 amide bonds. The molecule has 1 saturated heterocycles. The molecule has 0 saturated carbocycles. The molecule has 1 aromatic carbocycles. The summed E-state index contributed by atoms with van der Waals surface area (Å²) in [6.45, 7) is 0.686. The van der Waals surface area contributed by atoms with Crippen LogP contribution in [0, 0.1) is 5.82 Å². The maximum absolute atomic E-state index is 13.1. The molecular weight excluding hydrogens is 289 g/mol. The molecule has 0 spiro atoms. The highest BCUT2D eigenvalue weighted by Gasteiger charge is 2.22. The molecule has 1 fully saturated rings. The van der Waals surface area contributed by atoms with E-state index >= 15 is 0 Å². The van der Waals surface area contributed by atoms with E-state index in [1.807, 2.05) is 0 Å². The quantitative estimate of drug-likeness (QED) is 0.912. The van der Waals surface area contributed by atoms with Crippen molar-refractivity contribution in [3.63, 3.8) is 0 Å². The van der Waals surface area contributed by atoms with E-state index in [4.69, 9.17) is 4.74 Å². The Morgan fingerprint density at radius 3 is 2.94 bits per heavy atom. The Bertz CT molecular complexity index is 405.